The Hall–Kier alpha value is -3.07. The van der Waals surface area contributed by atoms with Crippen LogP contribution in [-0.4, -0.2) is 13.0 Å². The first-order chi connectivity index (χ1) is 13.3. The molecule has 4 rings (SSSR count). The summed E-state index contributed by atoms with van der Waals surface area (Å²) in [6, 6.07) is 26.2. The van der Waals surface area contributed by atoms with Gasteiger partial charge in [0, 0.05) is 18.2 Å². The van der Waals surface area contributed by atoms with Crippen molar-refractivity contribution in [1.29, 1.82) is 0 Å². The molecule has 1 amide bonds. The van der Waals surface area contributed by atoms with Gasteiger partial charge in [-0.2, -0.15) is 0 Å². The van der Waals surface area contributed by atoms with Gasteiger partial charge in [-0.1, -0.05) is 66.7 Å². The highest BCUT2D eigenvalue weighted by Crippen LogP contribution is 2.50. The van der Waals surface area contributed by atoms with E-state index in [2.05, 4.69) is 29.6 Å². The first kappa shape index (κ1) is 17.3. The molecule has 1 aliphatic rings. The van der Waals surface area contributed by atoms with Crippen LogP contribution in [0.4, 0.5) is 0 Å². The van der Waals surface area contributed by atoms with Crippen molar-refractivity contribution in [2.45, 2.75) is 24.7 Å². The van der Waals surface area contributed by atoms with Gasteiger partial charge >= 0.3 is 0 Å². The number of carbonyl (C=O) groups excluding carboxylic acids is 1. The van der Waals surface area contributed by atoms with Crippen molar-refractivity contribution in [1.82, 2.24) is 5.32 Å². The van der Waals surface area contributed by atoms with Crippen LogP contribution in [0.15, 0.2) is 78.9 Å². The molecule has 3 heteroatoms. The van der Waals surface area contributed by atoms with Crippen LogP contribution in [0.2, 0.25) is 0 Å². The largest absolute Gasteiger partial charge is 0.457 e. The number of para-hydroxylation sites is 2. The number of ether oxygens (including phenoxy) is 1. The fourth-order valence-corrected chi connectivity index (χ4v) is 4.12. The second kappa shape index (κ2) is 7.28. The van der Waals surface area contributed by atoms with Gasteiger partial charge in [0.1, 0.15) is 16.9 Å². The summed E-state index contributed by atoms with van der Waals surface area (Å²) in [6.07, 6.45) is 2.56. The number of benzene rings is 3. The lowest BCUT2D eigenvalue weighted by Crippen LogP contribution is -2.45. The van der Waals surface area contributed by atoms with Crippen molar-refractivity contribution in [3.05, 3.63) is 95.6 Å². The van der Waals surface area contributed by atoms with E-state index in [9.17, 15) is 4.79 Å². The Kier molecular flexibility index (Phi) is 4.68. The number of hydrogen-bond donors (Lipinski definition) is 1. The summed E-state index contributed by atoms with van der Waals surface area (Å²) in [5.41, 5.74) is 2.43. The molecule has 0 bridgehead atoms. The molecule has 0 aromatic heterocycles. The van der Waals surface area contributed by atoms with E-state index >= 15 is 0 Å². The van der Waals surface area contributed by atoms with E-state index in [1.54, 1.807) is 7.05 Å². The summed E-state index contributed by atoms with van der Waals surface area (Å²) in [5.74, 6) is 1.54. The van der Waals surface area contributed by atoms with Gasteiger partial charge in [-0.05, 0) is 37.0 Å². The zero-order valence-corrected chi connectivity index (χ0v) is 15.4. The fraction of sp³-hybridized carbons (Fsp3) is 0.208. The van der Waals surface area contributed by atoms with Crippen LogP contribution in [0.3, 0.4) is 0 Å². The molecule has 1 N–H and O–H groups in total. The first-order valence-electron chi connectivity index (χ1n) is 9.38. The normalized spacial score (nSPS) is 13.8. The summed E-state index contributed by atoms with van der Waals surface area (Å²) in [4.78, 5) is 13.3. The highest BCUT2D eigenvalue weighted by Gasteiger charge is 2.47. The predicted octanol–water partition coefficient (Wildman–Crippen LogP) is 4.85. The summed E-state index contributed by atoms with van der Waals surface area (Å²) in [6.45, 7) is 0. The average Bonchev–Trinajstić information content (AvgIpc) is 2.73. The van der Waals surface area contributed by atoms with E-state index < -0.39 is 5.41 Å². The molecule has 0 saturated carbocycles. The van der Waals surface area contributed by atoms with Crippen LogP contribution in [0.1, 0.15) is 29.5 Å². The summed E-state index contributed by atoms with van der Waals surface area (Å²) < 4.78 is 6.11. The van der Waals surface area contributed by atoms with Crippen molar-refractivity contribution in [3.63, 3.8) is 0 Å². The van der Waals surface area contributed by atoms with Gasteiger partial charge in [0.25, 0.3) is 0 Å². The Bertz CT molecular complexity index is 904. The van der Waals surface area contributed by atoms with Crippen LogP contribution in [0, 0.1) is 0 Å². The molecule has 0 unspecified atom stereocenters. The SMILES string of the molecule is CNC(=O)C1(CCCc2ccccc2)c2ccccc2Oc2ccccc21. The first-order valence-corrected chi connectivity index (χ1v) is 9.38. The molecule has 3 nitrogen and oxygen atoms in total. The third-order valence-corrected chi connectivity index (χ3v) is 5.39. The molecule has 3 aromatic carbocycles. The monoisotopic (exact) mass is 357 g/mol. The highest BCUT2D eigenvalue weighted by atomic mass is 16.5. The molecule has 1 aliphatic heterocycles. The van der Waals surface area contributed by atoms with E-state index in [0.717, 1.165) is 41.9 Å². The van der Waals surface area contributed by atoms with Crippen molar-refractivity contribution in [2.24, 2.45) is 0 Å². The van der Waals surface area contributed by atoms with Crippen molar-refractivity contribution >= 4 is 5.91 Å². The number of amides is 1. The number of rotatable bonds is 5. The molecule has 0 spiro atoms. The zero-order valence-electron chi connectivity index (χ0n) is 15.4. The molecule has 0 aliphatic carbocycles. The Labute approximate surface area is 160 Å². The lowest BCUT2D eigenvalue weighted by Gasteiger charge is -2.38. The molecular weight excluding hydrogens is 334 g/mol. The minimum absolute atomic E-state index is 0.0127. The molecule has 0 saturated heterocycles. The molecule has 1 heterocycles. The molecular formula is C24H23NO2. The maximum Gasteiger partial charge on any atom is 0.235 e. The molecule has 3 aromatic rings. The van der Waals surface area contributed by atoms with Crippen LogP contribution < -0.4 is 10.1 Å². The van der Waals surface area contributed by atoms with E-state index in [1.807, 2.05) is 54.6 Å². The predicted molar refractivity (Wildman–Crippen MR) is 107 cm³/mol. The number of aryl methyl sites for hydroxylation is 1. The van der Waals surface area contributed by atoms with Gasteiger partial charge in [-0.25, -0.2) is 0 Å². The topological polar surface area (TPSA) is 38.3 Å². The maximum atomic E-state index is 13.3. The van der Waals surface area contributed by atoms with E-state index in [-0.39, 0.29) is 5.91 Å². The van der Waals surface area contributed by atoms with Crippen molar-refractivity contribution in [2.75, 3.05) is 7.05 Å². The van der Waals surface area contributed by atoms with Gasteiger partial charge in [0.05, 0.1) is 0 Å². The van der Waals surface area contributed by atoms with E-state index in [4.69, 9.17) is 4.74 Å². The second-order valence-electron chi connectivity index (χ2n) is 6.92. The lowest BCUT2D eigenvalue weighted by molar-refractivity contribution is -0.125. The Morgan fingerprint density at radius 1 is 0.852 bits per heavy atom. The Balaban J connectivity index is 1.77. The minimum Gasteiger partial charge on any atom is -0.457 e. The third kappa shape index (κ3) is 2.99. The Morgan fingerprint density at radius 2 is 1.41 bits per heavy atom. The minimum atomic E-state index is -0.741. The molecule has 0 fully saturated rings. The number of carbonyl (C=O) groups is 1. The summed E-state index contributed by atoms with van der Waals surface area (Å²) >= 11 is 0. The molecule has 136 valence electrons. The zero-order chi connectivity index (χ0) is 18.7. The number of likely N-dealkylation sites (N-methyl/N-ethyl adjacent to an activating group) is 1. The van der Waals surface area contributed by atoms with Gasteiger partial charge in [-0.3, -0.25) is 4.79 Å². The molecule has 27 heavy (non-hydrogen) atoms. The second-order valence-corrected chi connectivity index (χ2v) is 6.92. The molecule has 0 atom stereocenters. The van der Waals surface area contributed by atoms with E-state index in [0.29, 0.717) is 0 Å². The molecule has 0 radical (unpaired) electrons. The van der Waals surface area contributed by atoms with Gasteiger partial charge in [0.2, 0.25) is 5.91 Å². The van der Waals surface area contributed by atoms with Gasteiger partial charge in [0.15, 0.2) is 0 Å². The smallest absolute Gasteiger partial charge is 0.235 e. The number of nitrogens with one attached hydrogen (secondary N) is 1. The Morgan fingerprint density at radius 3 is 2.00 bits per heavy atom. The van der Waals surface area contributed by atoms with Crippen LogP contribution in [0.25, 0.3) is 0 Å². The third-order valence-electron chi connectivity index (χ3n) is 5.39. The van der Waals surface area contributed by atoms with Crippen LogP contribution >= 0.6 is 0 Å². The van der Waals surface area contributed by atoms with Gasteiger partial charge < -0.3 is 10.1 Å². The van der Waals surface area contributed by atoms with Crippen molar-refractivity contribution < 1.29 is 9.53 Å². The number of fused-ring (bicyclic) bond motifs is 2. The summed E-state index contributed by atoms with van der Waals surface area (Å²) in [5, 5.41) is 2.91. The maximum absolute atomic E-state index is 13.3. The highest BCUT2D eigenvalue weighted by molar-refractivity contribution is 5.94. The van der Waals surface area contributed by atoms with Gasteiger partial charge in [-0.15, -0.1) is 0 Å². The lowest BCUT2D eigenvalue weighted by atomic mass is 9.68. The number of hydrogen-bond acceptors (Lipinski definition) is 2. The summed E-state index contributed by atoms with van der Waals surface area (Å²) in [7, 11) is 1.71. The van der Waals surface area contributed by atoms with Crippen molar-refractivity contribution in [3.8, 4) is 11.5 Å². The van der Waals surface area contributed by atoms with E-state index in [1.165, 1.54) is 5.56 Å². The fourth-order valence-electron chi connectivity index (χ4n) is 4.12. The van der Waals surface area contributed by atoms with Crippen LogP contribution in [0.5, 0.6) is 11.5 Å². The average molecular weight is 357 g/mol. The quantitative estimate of drug-likeness (QED) is 0.709. The standard InChI is InChI=1S/C24H23NO2/c1-25-23(26)24(17-9-12-18-10-3-2-4-11-18)19-13-5-7-15-21(19)27-22-16-8-6-14-20(22)24/h2-8,10-11,13-16H,9,12,17H2,1H3,(H,25,26). The van der Waals surface area contributed by atoms with Crippen LogP contribution in [-0.2, 0) is 16.6 Å².